The lowest BCUT2D eigenvalue weighted by Gasteiger charge is -2.34. The first kappa shape index (κ1) is 21.6. The Morgan fingerprint density at radius 1 is 0.938 bits per heavy atom. The quantitative estimate of drug-likeness (QED) is 0.591. The maximum absolute atomic E-state index is 12.6. The van der Waals surface area contributed by atoms with Gasteiger partial charge < -0.3 is 15.4 Å². The van der Waals surface area contributed by atoms with Crippen molar-refractivity contribution in [2.24, 2.45) is 5.73 Å². The summed E-state index contributed by atoms with van der Waals surface area (Å²) in [7, 11) is 1.35. The van der Waals surface area contributed by atoms with Gasteiger partial charge in [-0.25, -0.2) is 4.79 Å². The molecule has 0 aliphatic carbocycles. The number of amides is 1. The van der Waals surface area contributed by atoms with Crippen LogP contribution in [0, 0.1) is 0 Å². The molecule has 0 saturated heterocycles. The number of methoxy groups -OCH3 is 1. The first-order valence-corrected chi connectivity index (χ1v) is 10.9. The molecule has 0 radical (unpaired) electrons. The molecule has 0 saturated carbocycles. The van der Waals surface area contributed by atoms with Crippen LogP contribution in [0.3, 0.4) is 0 Å². The lowest BCUT2D eigenvalue weighted by molar-refractivity contribution is -0.119. The third kappa shape index (κ3) is 4.24. The Kier molecular flexibility index (Phi) is 6.26. The van der Waals surface area contributed by atoms with Gasteiger partial charge in [-0.3, -0.25) is 4.79 Å². The predicted molar refractivity (Wildman–Crippen MR) is 126 cm³/mol. The van der Waals surface area contributed by atoms with E-state index in [4.69, 9.17) is 10.5 Å². The van der Waals surface area contributed by atoms with Crippen LogP contribution in [0.2, 0.25) is 0 Å². The van der Waals surface area contributed by atoms with Gasteiger partial charge in [-0.15, -0.1) is 0 Å². The number of carbonyl (C=O) groups excluding carboxylic acids is 2. The molecule has 2 unspecified atom stereocenters. The van der Waals surface area contributed by atoms with E-state index in [1.165, 1.54) is 18.2 Å². The van der Waals surface area contributed by atoms with E-state index in [1.54, 1.807) is 24.3 Å². The minimum absolute atomic E-state index is 0.134. The number of anilines is 1. The van der Waals surface area contributed by atoms with Gasteiger partial charge in [0.25, 0.3) is 0 Å². The van der Waals surface area contributed by atoms with Gasteiger partial charge in [0, 0.05) is 18.8 Å². The van der Waals surface area contributed by atoms with E-state index in [-0.39, 0.29) is 11.8 Å². The summed E-state index contributed by atoms with van der Waals surface area (Å²) in [4.78, 5) is 26.7. The van der Waals surface area contributed by atoms with E-state index in [0.29, 0.717) is 5.56 Å². The molecule has 0 fully saturated rings. The van der Waals surface area contributed by atoms with Crippen molar-refractivity contribution in [3.05, 3.63) is 101 Å². The van der Waals surface area contributed by atoms with Crippen molar-refractivity contribution in [2.45, 2.75) is 31.7 Å². The predicted octanol–water partition coefficient (Wildman–Crippen LogP) is 4.41. The number of nitrogens with two attached hydrogens (primary N) is 1. The molecule has 0 spiro atoms. The van der Waals surface area contributed by atoms with Crippen LogP contribution in [0.1, 0.15) is 51.4 Å². The van der Waals surface area contributed by atoms with Gasteiger partial charge in [0.1, 0.15) is 0 Å². The van der Waals surface area contributed by atoms with Crippen LogP contribution in [0.5, 0.6) is 0 Å². The summed E-state index contributed by atoms with van der Waals surface area (Å²) in [5.41, 5.74) is 12.1. The average molecular weight is 429 g/mol. The Bertz CT molecular complexity index is 1120. The molecule has 5 heteroatoms. The number of nitrogens with zero attached hydrogens (tertiary/aromatic N) is 1. The number of para-hydroxylation sites is 1. The van der Waals surface area contributed by atoms with Crippen LogP contribution in [0.4, 0.5) is 5.69 Å². The van der Waals surface area contributed by atoms with Gasteiger partial charge >= 0.3 is 5.97 Å². The van der Waals surface area contributed by atoms with Gasteiger partial charge in [0.05, 0.1) is 18.6 Å². The summed E-state index contributed by atoms with van der Waals surface area (Å²) in [6, 6.07) is 23.7. The van der Waals surface area contributed by atoms with Crippen LogP contribution < -0.4 is 10.6 Å². The van der Waals surface area contributed by atoms with E-state index in [9.17, 15) is 9.59 Å². The molecule has 3 aromatic carbocycles. The SMILES string of the molecule is COC(=O)c1ccc(C(C(N)=O)C(C)c2ccccc2N2CCc3ccccc3C2)cc1. The smallest absolute Gasteiger partial charge is 0.337 e. The Morgan fingerprint density at radius 2 is 1.59 bits per heavy atom. The van der Waals surface area contributed by atoms with Crippen LogP contribution in [-0.4, -0.2) is 25.5 Å². The summed E-state index contributed by atoms with van der Waals surface area (Å²) in [6.07, 6.45) is 0.993. The lowest BCUT2D eigenvalue weighted by Crippen LogP contribution is -2.32. The Balaban J connectivity index is 1.65. The van der Waals surface area contributed by atoms with Crippen molar-refractivity contribution in [1.29, 1.82) is 0 Å². The van der Waals surface area contributed by atoms with Crippen LogP contribution in [-0.2, 0) is 22.5 Å². The molecular formula is C27H28N2O3. The number of carbonyl (C=O) groups is 2. The highest BCUT2D eigenvalue weighted by Gasteiger charge is 2.29. The molecule has 164 valence electrons. The summed E-state index contributed by atoms with van der Waals surface area (Å²) in [5, 5.41) is 0. The topological polar surface area (TPSA) is 72.6 Å². The fraction of sp³-hybridized carbons (Fsp3) is 0.259. The molecule has 0 aromatic heterocycles. The van der Waals surface area contributed by atoms with Gasteiger partial charge in [0.15, 0.2) is 0 Å². The second kappa shape index (κ2) is 9.27. The van der Waals surface area contributed by atoms with E-state index in [1.807, 2.05) is 19.1 Å². The van der Waals surface area contributed by atoms with E-state index >= 15 is 0 Å². The highest BCUT2D eigenvalue weighted by molar-refractivity contribution is 5.90. The van der Waals surface area contributed by atoms with Crippen LogP contribution >= 0.6 is 0 Å². The highest BCUT2D eigenvalue weighted by atomic mass is 16.5. The Hall–Kier alpha value is -3.60. The van der Waals surface area contributed by atoms with Crippen LogP contribution in [0.15, 0.2) is 72.8 Å². The van der Waals surface area contributed by atoms with Crippen LogP contribution in [0.25, 0.3) is 0 Å². The zero-order valence-corrected chi connectivity index (χ0v) is 18.5. The van der Waals surface area contributed by atoms with Gasteiger partial charge in [0.2, 0.25) is 5.91 Å². The lowest BCUT2D eigenvalue weighted by atomic mass is 9.81. The number of esters is 1. The maximum atomic E-state index is 12.6. The van der Waals surface area contributed by atoms with Crippen molar-refractivity contribution in [3.8, 4) is 0 Å². The number of rotatable bonds is 6. The first-order chi connectivity index (χ1) is 15.5. The summed E-state index contributed by atoms with van der Waals surface area (Å²) < 4.78 is 4.77. The zero-order valence-electron chi connectivity index (χ0n) is 18.5. The summed E-state index contributed by atoms with van der Waals surface area (Å²) in [6.45, 7) is 3.81. The number of ether oxygens (including phenoxy) is 1. The molecule has 3 aromatic rings. The van der Waals surface area contributed by atoms with E-state index in [0.717, 1.165) is 36.3 Å². The molecule has 2 atom stereocenters. The van der Waals surface area contributed by atoms with Crippen molar-refractivity contribution >= 4 is 17.6 Å². The number of hydrogen-bond donors (Lipinski definition) is 1. The Labute approximate surface area is 188 Å². The van der Waals surface area contributed by atoms with Crippen molar-refractivity contribution in [1.82, 2.24) is 0 Å². The maximum Gasteiger partial charge on any atom is 0.337 e. The molecule has 1 aliphatic rings. The van der Waals surface area contributed by atoms with E-state index < -0.39 is 11.9 Å². The molecule has 5 nitrogen and oxygen atoms in total. The second-order valence-electron chi connectivity index (χ2n) is 8.28. The fourth-order valence-electron chi connectivity index (χ4n) is 4.69. The highest BCUT2D eigenvalue weighted by Crippen LogP contribution is 2.39. The third-order valence-electron chi connectivity index (χ3n) is 6.40. The number of benzene rings is 3. The normalized spacial score (nSPS) is 14.9. The largest absolute Gasteiger partial charge is 0.465 e. The molecule has 32 heavy (non-hydrogen) atoms. The minimum atomic E-state index is -0.514. The number of fused-ring (bicyclic) bond motifs is 1. The standard InChI is InChI=1S/C27H28N2O3/c1-18(25(26(28)30)20-11-13-21(14-12-20)27(31)32-2)23-9-5-6-10-24(23)29-16-15-19-7-3-4-8-22(19)17-29/h3-14,18,25H,15-17H2,1-2H3,(H2,28,30). The second-order valence-corrected chi connectivity index (χ2v) is 8.28. The minimum Gasteiger partial charge on any atom is -0.465 e. The Morgan fingerprint density at radius 3 is 2.28 bits per heavy atom. The van der Waals surface area contributed by atoms with Crippen molar-refractivity contribution in [2.75, 3.05) is 18.6 Å². The molecule has 4 rings (SSSR count). The molecule has 2 N–H and O–H groups in total. The zero-order chi connectivity index (χ0) is 22.7. The molecule has 1 aliphatic heterocycles. The van der Waals surface area contributed by atoms with Gasteiger partial charge in [-0.1, -0.05) is 61.5 Å². The molecular weight excluding hydrogens is 400 g/mol. The summed E-state index contributed by atoms with van der Waals surface area (Å²) in [5.74, 6) is -1.44. The van der Waals surface area contributed by atoms with Crippen molar-refractivity contribution < 1.29 is 14.3 Å². The van der Waals surface area contributed by atoms with E-state index in [2.05, 4.69) is 41.3 Å². The number of primary amides is 1. The fourth-order valence-corrected chi connectivity index (χ4v) is 4.69. The molecule has 1 amide bonds. The van der Waals surface area contributed by atoms with Gasteiger partial charge in [-0.05, 0) is 52.8 Å². The van der Waals surface area contributed by atoms with Crippen molar-refractivity contribution in [3.63, 3.8) is 0 Å². The molecule has 0 bridgehead atoms. The monoisotopic (exact) mass is 428 g/mol. The van der Waals surface area contributed by atoms with Gasteiger partial charge in [-0.2, -0.15) is 0 Å². The number of hydrogen-bond acceptors (Lipinski definition) is 4. The third-order valence-corrected chi connectivity index (χ3v) is 6.40. The summed E-state index contributed by atoms with van der Waals surface area (Å²) >= 11 is 0. The average Bonchev–Trinajstić information content (AvgIpc) is 2.83. The molecule has 1 heterocycles. The first-order valence-electron chi connectivity index (χ1n) is 10.9.